The Morgan fingerprint density at radius 1 is 1.42 bits per heavy atom. The van der Waals surface area contributed by atoms with Gasteiger partial charge in [0, 0.05) is 29.1 Å². The number of halogens is 1. The van der Waals surface area contributed by atoms with Gasteiger partial charge < -0.3 is 15.4 Å². The maximum atomic E-state index is 11.4. The Morgan fingerprint density at radius 3 is 2.63 bits per heavy atom. The molecule has 0 aliphatic carbocycles. The molecule has 2 N–H and O–H groups in total. The number of carbonyl (C=O) groups excluding carboxylic acids is 1. The Hall–Kier alpha value is -1.07. The molecular weight excluding hydrogens is 308 g/mol. The number of nitrogens with zero attached hydrogens (tertiary/aromatic N) is 1. The third-order valence-corrected chi connectivity index (χ3v) is 4.32. The number of benzene rings is 1. The van der Waals surface area contributed by atoms with E-state index in [0.29, 0.717) is 10.4 Å². The van der Waals surface area contributed by atoms with Crippen molar-refractivity contribution < 1.29 is 9.53 Å². The van der Waals surface area contributed by atoms with Gasteiger partial charge in [0.15, 0.2) is 0 Å². The second-order valence-electron chi connectivity index (χ2n) is 4.93. The van der Waals surface area contributed by atoms with E-state index >= 15 is 0 Å². The number of anilines is 1. The van der Waals surface area contributed by atoms with Gasteiger partial charge in [-0.15, -0.1) is 0 Å². The predicted molar refractivity (Wildman–Crippen MR) is 79.9 cm³/mol. The van der Waals surface area contributed by atoms with Crippen molar-refractivity contribution in [1.29, 1.82) is 0 Å². The predicted octanol–water partition coefficient (Wildman–Crippen LogP) is 2.16. The number of esters is 1. The first-order chi connectivity index (χ1) is 9.02. The summed E-state index contributed by atoms with van der Waals surface area (Å²) in [4.78, 5) is 14.1. The summed E-state index contributed by atoms with van der Waals surface area (Å²) in [5, 5.41) is 0. The van der Waals surface area contributed by atoms with Crippen molar-refractivity contribution in [3.05, 3.63) is 29.8 Å². The summed E-state index contributed by atoms with van der Waals surface area (Å²) in [6.45, 7) is 3.06. The van der Waals surface area contributed by atoms with Gasteiger partial charge in [0.2, 0.25) is 0 Å². The van der Waals surface area contributed by atoms with Crippen molar-refractivity contribution in [3.63, 3.8) is 0 Å². The SMILES string of the molecule is COC(=O)c1ccc(N2C[C@H](Br)C[C@@H](N)[C@H]2C)cc1. The van der Waals surface area contributed by atoms with Crippen LogP contribution in [0.1, 0.15) is 23.7 Å². The van der Waals surface area contributed by atoms with Gasteiger partial charge in [0.25, 0.3) is 0 Å². The van der Waals surface area contributed by atoms with Gasteiger partial charge in [0.05, 0.1) is 12.7 Å². The number of methoxy groups -OCH3 is 1. The summed E-state index contributed by atoms with van der Waals surface area (Å²) in [6.07, 6.45) is 0.984. The molecule has 1 aromatic carbocycles. The lowest BCUT2D eigenvalue weighted by Gasteiger charge is -2.41. The monoisotopic (exact) mass is 326 g/mol. The molecule has 2 rings (SSSR count). The van der Waals surface area contributed by atoms with Gasteiger partial charge in [-0.3, -0.25) is 0 Å². The molecular formula is C14H19BrN2O2. The fourth-order valence-corrected chi connectivity index (χ4v) is 3.17. The molecule has 0 unspecified atom stereocenters. The topological polar surface area (TPSA) is 55.6 Å². The first-order valence-corrected chi connectivity index (χ1v) is 7.29. The number of piperidine rings is 1. The normalized spacial score (nSPS) is 27.2. The molecule has 1 aliphatic rings. The van der Waals surface area contributed by atoms with Crippen LogP contribution in [0.2, 0.25) is 0 Å². The number of alkyl halides is 1. The summed E-state index contributed by atoms with van der Waals surface area (Å²) in [5.41, 5.74) is 7.80. The molecule has 0 bridgehead atoms. The summed E-state index contributed by atoms with van der Waals surface area (Å²) >= 11 is 3.65. The minimum Gasteiger partial charge on any atom is -0.465 e. The molecule has 1 fully saturated rings. The Bertz CT molecular complexity index is 449. The quantitative estimate of drug-likeness (QED) is 0.668. The molecule has 19 heavy (non-hydrogen) atoms. The van der Waals surface area contributed by atoms with Crippen molar-refractivity contribution >= 4 is 27.6 Å². The Morgan fingerprint density at radius 2 is 2.05 bits per heavy atom. The molecule has 1 saturated heterocycles. The van der Waals surface area contributed by atoms with Gasteiger partial charge in [-0.05, 0) is 37.6 Å². The molecule has 0 radical (unpaired) electrons. The zero-order valence-electron chi connectivity index (χ0n) is 11.2. The van der Waals surface area contributed by atoms with E-state index < -0.39 is 0 Å². The molecule has 1 aliphatic heterocycles. The van der Waals surface area contributed by atoms with Gasteiger partial charge in [0.1, 0.15) is 0 Å². The first-order valence-electron chi connectivity index (χ1n) is 6.37. The van der Waals surface area contributed by atoms with Crippen LogP contribution in [0.5, 0.6) is 0 Å². The standard InChI is InChI=1S/C14H19BrN2O2/c1-9-13(16)7-11(15)8-17(9)12-5-3-10(4-6-12)14(18)19-2/h3-6,9,11,13H,7-8,16H2,1-2H3/t9-,11-,13-/m1/s1. The van der Waals surface area contributed by atoms with Crippen LogP contribution in [0.25, 0.3) is 0 Å². The maximum Gasteiger partial charge on any atom is 0.337 e. The highest BCUT2D eigenvalue weighted by Gasteiger charge is 2.30. The van der Waals surface area contributed by atoms with Crippen molar-refractivity contribution in [3.8, 4) is 0 Å². The van der Waals surface area contributed by atoms with Crippen LogP contribution in [-0.2, 0) is 4.74 Å². The number of ether oxygens (including phenoxy) is 1. The smallest absolute Gasteiger partial charge is 0.337 e. The number of hydrogen-bond donors (Lipinski definition) is 1. The van der Waals surface area contributed by atoms with Gasteiger partial charge in [-0.25, -0.2) is 4.79 Å². The van der Waals surface area contributed by atoms with Crippen LogP contribution in [0, 0.1) is 0 Å². The lowest BCUT2D eigenvalue weighted by atomic mass is 9.97. The van der Waals surface area contributed by atoms with Gasteiger partial charge >= 0.3 is 5.97 Å². The fraction of sp³-hybridized carbons (Fsp3) is 0.500. The molecule has 0 spiro atoms. The van der Waals surface area contributed by atoms with Crippen molar-refractivity contribution in [2.45, 2.75) is 30.3 Å². The minimum absolute atomic E-state index is 0.151. The molecule has 4 nitrogen and oxygen atoms in total. The molecule has 0 saturated carbocycles. The highest BCUT2D eigenvalue weighted by molar-refractivity contribution is 9.09. The molecule has 104 valence electrons. The summed E-state index contributed by atoms with van der Waals surface area (Å²) in [6, 6.07) is 7.91. The first kappa shape index (κ1) is 14.3. The molecule has 5 heteroatoms. The van der Waals surface area contributed by atoms with Crippen molar-refractivity contribution in [2.24, 2.45) is 5.73 Å². The summed E-state index contributed by atoms with van der Waals surface area (Å²) < 4.78 is 4.70. The van der Waals surface area contributed by atoms with E-state index in [1.54, 1.807) is 12.1 Å². The van der Waals surface area contributed by atoms with Crippen LogP contribution >= 0.6 is 15.9 Å². The van der Waals surface area contributed by atoms with E-state index in [1.165, 1.54) is 7.11 Å². The number of rotatable bonds is 2. The van der Waals surface area contributed by atoms with Crippen molar-refractivity contribution in [1.82, 2.24) is 0 Å². The highest BCUT2D eigenvalue weighted by Crippen LogP contribution is 2.27. The van der Waals surface area contributed by atoms with Gasteiger partial charge in [-0.2, -0.15) is 0 Å². The second kappa shape index (κ2) is 5.92. The third-order valence-electron chi connectivity index (χ3n) is 3.65. The Kier molecular flexibility index (Phi) is 4.47. The molecule has 1 heterocycles. The molecule has 1 aromatic rings. The van der Waals surface area contributed by atoms with E-state index in [2.05, 4.69) is 27.8 Å². The number of hydrogen-bond acceptors (Lipinski definition) is 4. The Balaban J connectivity index is 2.19. The number of carbonyl (C=O) groups is 1. The van der Waals surface area contributed by atoms with E-state index in [0.717, 1.165) is 18.7 Å². The maximum absolute atomic E-state index is 11.4. The summed E-state index contributed by atoms with van der Waals surface area (Å²) in [7, 11) is 1.39. The molecule has 3 atom stereocenters. The van der Waals surface area contributed by atoms with Crippen molar-refractivity contribution in [2.75, 3.05) is 18.6 Å². The van der Waals surface area contributed by atoms with Crippen LogP contribution in [0.15, 0.2) is 24.3 Å². The summed E-state index contributed by atoms with van der Waals surface area (Å²) in [5.74, 6) is -0.312. The molecule has 0 amide bonds. The van der Waals surface area contributed by atoms with Crippen LogP contribution in [0.3, 0.4) is 0 Å². The lowest BCUT2D eigenvalue weighted by molar-refractivity contribution is 0.0601. The minimum atomic E-state index is -0.312. The second-order valence-corrected chi connectivity index (χ2v) is 6.22. The third kappa shape index (κ3) is 3.09. The lowest BCUT2D eigenvalue weighted by Crippen LogP contribution is -2.54. The fourth-order valence-electron chi connectivity index (χ4n) is 2.43. The Labute approximate surface area is 122 Å². The van der Waals surface area contributed by atoms with Crippen LogP contribution in [-0.4, -0.2) is 36.5 Å². The average molecular weight is 327 g/mol. The zero-order chi connectivity index (χ0) is 14.0. The van der Waals surface area contributed by atoms with E-state index in [9.17, 15) is 4.79 Å². The number of nitrogens with two attached hydrogens (primary N) is 1. The van der Waals surface area contributed by atoms with Crippen LogP contribution < -0.4 is 10.6 Å². The van der Waals surface area contributed by atoms with Gasteiger partial charge in [-0.1, -0.05) is 15.9 Å². The van der Waals surface area contributed by atoms with E-state index in [4.69, 9.17) is 10.5 Å². The molecule has 0 aromatic heterocycles. The highest BCUT2D eigenvalue weighted by atomic mass is 79.9. The zero-order valence-corrected chi connectivity index (χ0v) is 12.8. The van der Waals surface area contributed by atoms with Crippen LogP contribution in [0.4, 0.5) is 5.69 Å². The van der Waals surface area contributed by atoms with E-state index in [-0.39, 0.29) is 18.1 Å². The average Bonchev–Trinajstić information content (AvgIpc) is 2.42. The largest absolute Gasteiger partial charge is 0.465 e. The van der Waals surface area contributed by atoms with E-state index in [1.807, 2.05) is 12.1 Å².